The number of aromatic nitrogens is 1. The zero-order chi connectivity index (χ0) is 29.2. The third kappa shape index (κ3) is 6.31. The number of aryl methyl sites for hydroxylation is 1. The molecule has 3 N–H and O–H groups in total. The summed E-state index contributed by atoms with van der Waals surface area (Å²) in [4.78, 5) is 31.8. The second-order valence-corrected chi connectivity index (χ2v) is 13.1. The number of fused-ring (bicyclic) bond motifs is 1. The van der Waals surface area contributed by atoms with Gasteiger partial charge >= 0.3 is 0 Å². The summed E-state index contributed by atoms with van der Waals surface area (Å²) in [6, 6.07) is 5.49. The SMILES string of the molecule is Cc1[nH]c(/C=C2\C(=O)Nc3ccc(S(=O)(=O)CC4=CCCC=C4)cc32)c(C)c1C(=O)NCCN(C(C)C)C(C)C. The predicted octanol–water partition coefficient (Wildman–Crippen LogP) is 5.02. The number of aromatic amines is 1. The molecule has 214 valence electrons. The van der Waals surface area contributed by atoms with Gasteiger partial charge in [-0.1, -0.05) is 18.2 Å². The fourth-order valence-electron chi connectivity index (χ4n) is 5.48. The largest absolute Gasteiger partial charge is 0.358 e. The number of carbonyl (C=O) groups excluding carboxylic acids is 2. The molecule has 0 unspecified atom stereocenters. The minimum atomic E-state index is -3.59. The number of nitrogens with one attached hydrogen (secondary N) is 3. The number of rotatable bonds is 10. The van der Waals surface area contributed by atoms with E-state index in [0.717, 1.165) is 30.5 Å². The summed E-state index contributed by atoms with van der Waals surface area (Å²) >= 11 is 0. The van der Waals surface area contributed by atoms with Crippen molar-refractivity contribution in [3.8, 4) is 0 Å². The Labute approximate surface area is 237 Å². The van der Waals surface area contributed by atoms with Crippen LogP contribution in [0.15, 0.2) is 46.9 Å². The molecule has 2 amide bonds. The molecule has 2 aliphatic rings. The molecule has 0 spiro atoms. The van der Waals surface area contributed by atoms with Crippen molar-refractivity contribution in [2.75, 3.05) is 24.2 Å². The molecule has 40 heavy (non-hydrogen) atoms. The average molecular weight is 565 g/mol. The van der Waals surface area contributed by atoms with E-state index in [4.69, 9.17) is 0 Å². The van der Waals surface area contributed by atoms with E-state index in [0.29, 0.717) is 52.4 Å². The molecule has 1 aromatic carbocycles. The zero-order valence-electron chi connectivity index (χ0n) is 24.2. The molecule has 9 heteroatoms. The standard InChI is InChI=1S/C31H40N4O4S/c1-19(2)35(20(3)4)15-14-32-31(37)29-21(5)28(33-22(29)6)17-26-25-16-24(12-13-27(25)34-30(26)36)40(38,39)18-23-10-8-7-9-11-23/h8,10-13,16-17,19-20,33H,7,9,14-15,18H2,1-6H3,(H,32,37)(H,34,36)/b26-17-. The Balaban J connectivity index is 1.57. The first-order chi connectivity index (χ1) is 18.9. The summed E-state index contributed by atoms with van der Waals surface area (Å²) in [5.74, 6) is -0.566. The Morgan fingerprint density at radius 1 is 1.12 bits per heavy atom. The number of carbonyl (C=O) groups is 2. The first-order valence-corrected chi connectivity index (χ1v) is 15.5. The van der Waals surface area contributed by atoms with Crippen LogP contribution in [0.1, 0.15) is 73.4 Å². The van der Waals surface area contributed by atoms with Crippen LogP contribution < -0.4 is 10.6 Å². The second-order valence-electron chi connectivity index (χ2n) is 11.1. The number of H-pyrrole nitrogens is 1. The molecular weight excluding hydrogens is 524 g/mol. The fraction of sp³-hybridized carbons (Fsp3) is 0.419. The molecule has 8 nitrogen and oxygen atoms in total. The van der Waals surface area contributed by atoms with Crippen molar-refractivity contribution in [2.24, 2.45) is 0 Å². The topological polar surface area (TPSA) is 111 Å². The van der Waals surface area contributed by atoms with E-state index in [2.05, 4.69) is 48.2 Å². The number of hydrogen-bond acceptors (Lipinski definition) is 5. The molecule has 2 heterocycles. The molecule has 1 aliphatic heterocycles. The fourth-order valence-corrected chi connectivity index (χ4v) is 6.88. The van der Waals surface area contributed by atoms with Crippen LogP contribution in [0.5, 0.6) is 0 Å². The van der Waals surface area contributed by atoms with E-state index < -0.39 is 9.84 Å². The Kier molecular flexibility index (Phi) is 8.85. The summed E-state index contributed by atoms with van der Waals surface area (Å²) < 4.78 is 26.3. The monoisotopic (exact) mass is 564 g/mol. The van der Waals surface area contributed by atoms with E-state index in [1.807, 2.05) is 32.1 Å². The summed E-state index contributed by atoms with van der Waals surface area (Å²) in [5, 5.41) is 5.86. The van der Waals surface area contributed by atoms with Gasteiger partial charge in [-0.2, -0.15) is 0 Å². The van der Waals surface area contributed by atoms with Crippen molar-refractivity contribution >= 4 is 39.0 Å². The van der Waals surface area contributed by atoms with Crippen molar-refractivity contribution in [3.63, 3.8) is 0 Å². The molecule has 4 rings (SSSR count). The molecule has 0 saturated heterocycles. The highest BCUT2D eigenvalue weighted by Gasteiger charge is 2.28. The number of sulfone groups is 1. The van der Waals surface area contributed by atoms with Gasteiger partial charge in [-0.3, -0.25) is 14.5 Å². The van der Waals surface area contributed by atoms with E-state index in [9.17, 15) is 18.0 Å². The Morgan fingerprint density at radius 2 is 1.85 bits per heavy atom. The van der Waals surface area contributed by atoms with Crippen molar-refractivity contribution in [1.82, 2.24) is 15.2 Å². The minimum Gasteiger partial charge on any atom is -0.358 e. The van der Waals surface area contributed by atoms with Crippen LogP contribution in [0.3, 0.4) is 0 Å². The maximum absolute atomic E-state index is 13.2. The molecule has 0 radical (unpaired) electrons. The number of hydrogen-bond donors (Lipinski definition) is 3. The van der Waals surface area contributed by atoms with Crippen LogP contribution in [0, 0.1) is 13.8 Å². The van der Waals surface area contributed by atoms with Gasteiger partial charge < -0.3 is 15.6 Å². The van der Waals surface area contributed by atoms with Crippen LogP contribution >= 0.6 is 0 Å². The minimum absolute atomic E-state index is 0.0811. The van der Waals surface area contributed by atoms with E-state index in [-0.39, 0.29) is 22.5 Å². The van der Waals surface area contributed by atoms with Crippen LogP contribution in [0.2, 0.25) is 0 Å². The average Bonchev–Trinajstić information content (AvgIpc) is 3.35. The number of anilines is 1. The predicted molar refractivity (Wildman–Crippen MR) is 161 cm³/mol. The quantitative estimate of drug-likeness (QED) is 0.351. The van der Waals surface area contributed by atoms with Crippen LogP contribution in [0.4, 0.5) is 5.69 Å². The normalized spacial score (nSPS) is 16.2. The molecule has 0 bridgehead atoms. The van der Waals surface area contributed by atoms with E-state index in [1.54, 1.807) is 18.2 Å². The number of nitrogens with zero attached hydrogens (tertiary/aromatic N) is 1. The van der Waals surface area contributed by atoms with Crippen LogP contribution in [-0.4, -0.2) is 61.0 Å². The smallest absolute Gasteiger partial charge is 0.256 e. The van der Waals surface area contributed by atoms with Crippen molar-refractivity contribution in [1.29, 1.82) is 0 Å². The zero-order valence-corrected chi connectivity index (χ0v) is 25.0. The van der Waals surface area contributed by atoms with Crippen molar-refractivity contribution in [2.45, 2.75) is 71.4 Å². The summed E-state index contributed by atoms with van der Waals surface area (Å²) in [6.45, 7) is 13.5. The lowest BCUT2D eigenvalue weighted by Gasteiger charge is -2.30. The Hall–Kier alpha value is -3.43. The van der Waals surface area contributed by atoms with E-state index in [1.165, 1.54) is 6.07 Å². The van der Waals surface area contributed by atoms with Crippen molar-refractivity contribution < 1.29 is 18.0 Å². The number of allylic oxidation sites excluding steroid dienone is 3. The number of amides is 2. The highest BCUT2D eigenvalue weighted by molar-refractivity contribution is 7.91. The maximum atomic E-state index is 13.2. The Morgan fingerprint density at radius 3 is 2.50 bits per heavy atom. The molecule has 1 aliphatic carbocycles. The lowest BCUT2D eigenvalue weighted by atomic mass is 10.0. The van der Waals surface area contributed by atoms with Gasteiger partial charge in [-0.05, 0) is 89.8 Å². The third-order valence-electron chi connectivity index (χ3n) is 7.54. The summed E-state index contributed by atoms with van der Waals surface area (Å²) in [6.07, 6.45) is 9.25. The van der Waals surface area contributed by atoms with E-state index >= 15 is 0 Å². The van der Waals surface area contributed by atoms with Gasteiger partial charge in [0.05, 0.1) is 21.8 Å². The molecule has 1 aromatic heterocycles. The van der Waals surface area contributed by atoms with Crippen LogP contribution in [0.25, 0.3) is 11.6 Å². The molecular formula is C31H40N4O4S. The van der Waals surface area contributed by atoms with Gasteiger partial charge in [-0.25, -0.2) is 8.42 Å². The lowest BCUT2D eigenvalue weighted by Crippen LogP contribution is -2.42. The lowest BCUT2D eigenvalue weighted by molar-refractivity contribution is -0.110. The molecule has 0 saturated carbocycles. The van der Waals surface area contributed by atoms with Gasteiger partial charge in [0.2, 0.25) is 0 Å². The first-order valence-electron chi connectivity index (χ1n) is 13.9. The third-order valence-corrected chi connectivity index (χ3v) is 9.22. The molecule has 0 fully saturated rings. The highest BCUT2D eigenvalue weighted by Crippen LogP contribution is 2.36. The molecule has 0 atom stereocenters. The van der Waals surface area contributed by atoms with Crippen LogP contribution in [-0.2, 0) is 14.6 Å². The van der Waals surface area contributed by atoms with Gasteiger partial charge in [0.15, 0.2) is 9.84 Å². The van der Waals surface area contributed by atoms with Gasteiger partial charge in [0.25, 0.3) is 11.8 Å². The summed E-state index contributed by atoms with van der Waals surface area (Å²) in [5.41, 5.74) is 4.84. The maximum Gasteiger partial charge on any atom is 0.256 e. The first kappa shape index (κ1) is 29.6. The summed E-state index contributed by atoms with van der Waals surface area (Å²) in [7, 11) is -3.59. The number of benzene rings is 1. The van der Waals surface area contributed by atoms with Gasteiger partial charge in [0.1, 0.15) is 0 Å². The van der Waals surface area contributed by atoms with Crippen molar-refractivity contribution in [3.05, 3.63) is 70.1 Å². The second kappa shape index (κ2) is 12.0. The molecule has 2 aromatic rings. The van der Waals surface area contributed by atoms with Gasteiger partial charge in [-0.15, -0.1) is 0 Å². The highest BCUT2D eigenvalue weighted by atomic mass is 32.2. The Bertz CT molecular complexity index is 1500. The van der Waals surface area contributed by atoms with Gasteiger partial charge in [0, 0.05) is 47.8 Å².